The lowest BCUT2D eigenvalue weighted by Gasteiger charge is -2.09. The Morgan fingerprint density at radius 1 is 1.17 bits per heavy atom. The van der Waals surface area contributed by atoms with Crippen LogP contribution in [0.5, 0.6) is 11.6 Å². The van der Waals surface area contributed by atoms with Crippen molar-refractivity contribution in [3.05, 3.63) is 51.6 Å². The molecular weight excluding hydrogens is 290 g/mol. The Bertz CT molecular complexity index is 595. The smallest absolute Gasteiger partial charge is 0.233 e. The number of halogens is 1. The molecule has 0 N–H and O–H groups in total. The lowest BCUT2D eigenvalue weighted by atomic mass is 10.1. The van der Waals surface area contributed by atoms with Crippen LogP contribution in [0.4, 0.5) is 0 Å². The minimum absolute atomic E-state index is 0.632. The molecule has 0 radical (unpaired) electrons. The highest BCUT2D eigenvalue weighted by Gasteiger charge is 2.12. The number of aromatic nitrogens is 1. The molecule has 1 aromatic heterocycles. The first-order chi connectivity index (χ1) is 8.74. The van der Waals surface area contributed by atoms with Crippen LogP contribution in [0, 0.1) is 6.92 Å². The lowest BCUT2D eigenvalue weighted by Crippen LogP contribution is -1.92. The molecule has 1 heterocycles. The number of rotatable bonds is 2. The molecule has 0 unspecified atom stereocenters. The summed E-state index contributed by atoms with van der Waals surface area (Å²) in [6.45, 7) is 2.03. The van der Waals surface area contributed by atoms with E-state index in [2.05, 4.69) is 33.0 Å². The quantitative estimate of drug-likeness (QED) is 0.818. The molecule has 0 aliphatic heterocycles. The summed E-state index contributed by atoms with van der Waals surface area (Å²) < 4.78 is 6.78. The molecule has 2 aromatic rings. The van der Waals surface area contributed by atoms with Gasteiger partial charge in [0.15, 0.2) is 0 Å². The van der Waals surface area contributed by atoms with E-state index in [1.165, 1.54) is 24.0 Å². The summed E-state index contributed by atoms with van der Waals surface area (Å²) in [5.74, 6) is 1.50. The number of pyridine rings is 1. The van der Waals surface area contributed by atoms with Gasteiger partial charge in [-0.2, -0.15) is 0 Å². The number of benzene rings is 1. The van der Waals surface area contributed by atoms with E-state index in [1.54, 1.807) is 6.20 Å². The van der Waals surface area contributed by atoms with E-state index in [-0.39, 0.29) is 0 Å². The van der Waals surface area contributed by atoms with Crippen molar-refractivity contribution >= 4 is 15.9 Å². The predicted octanol–water partition coefficient (Wildman–Crippen LogP) is 4.43. The second-order valence-electron chi connectivity index (χ2n) is 4.63. The van der Waals surface area contributed by atoms with Crippen molar-refractivity contribution in [3.8, 4) is 11.6 Å². The molecule has 0 bridgehead atoms. The van der Waals surface area contributed by atoms with E-state index in [4.69, 9.17) is 4.74 Å². The second kappa shape index (κ2) is 4.73. The van der Waals surface area contributed by atoms with Crippen molar-refractivity contribution in [3.63, 3.8) is 0 Å². The molecule has 0 spiro atoms. The van der Waals surface area contributed by atoms with Crippen molar-refractivity contribution in [1.82, 2.24) is 4.98 Å². The fraction of sp³-hybridized carbons (Fsp3) is 0.267. The minimum atomic E-state index is 0.632. The Kier molecular flexibility index (Phi) is 3.08. The van der Waals surface area contributed by atoms with E-state index in [0.717, 1.165) is 22.2 Å². The molecule has 92 valence electrons. The van der Waals surface area contributed by atoms with Crippen LogP contribution < -0.4 is 4.74 Å². The molecule has 1 aliphatic rings. The molecule has 0 atom stereocenters. The van der Waals surface area contributed by atoms with Gasteiger partial charge in [-0.3, -0.25) is 0 Å². The van der Waals surface area contributed by atoms with Gasteiger partial charge in [0.1, 0.15) is 5.75 Å². The van der Waals surface area contributed by atoms with Crippen LogP contribution in [0.25, 0.3) is 0 Å². The van der Waals surface area contributed by atoms with Crippen LogP contribution in [-0.4, -0.2) is 4.98 Å². The zero-order valence-corrected chi connectivity index (χ0v) is 11.8. The largest absolute Gasteiger partial charge is 0.438 e. The van der Waals surface area contributed by atoms with E-state index in [0.29, 0.717) is 5.88 Å². The summed E-state index contributed by atoms with van der Waals surface area (Å²) in [6, 6.07) is 8.29. The van der Waals surface area contributed by atoms with Gasteiger partial charge in [-0.05, 0) is 77.0 Å². The van der Waals surface area contributed by atoms with Gasteiger partial charge in [-0.1, -0.05) is 6.07 Å². The maximum atomic E-state index is 5.86. The molecule has 1 aromatic carbocycles. The maximum absolute atomic E-state index is 5.86. The van der Waals surface area contributed by atoms with Crippen LogP contribution in [0.3, 0.4) is 0 Å². The first-order valence-corrected chi connectivity index (χ1v) is 6.94. The van der Waals surface area contributed by atoms with Gasteiger partial charge in [-0.25, -0.2) is 4.98 Å². The van der Waals surface area contributed by atoms with Gasteiger partial charge in [-0.15, -0.1) is 0 Å². The third-order valence-corrected chi connectivity index (χ3v) is 4.30. The molecule has 0 fully saturated rings. The summed E-state index contributed by atoms with van der Waals surface area (Å²) in [5, 5.41) is 0. The minimum Gasteiger partial charge on any atom is -0.438 e. The zero-order valence-electron chi connectivity index (χ0n) is 10.2. The van der Waals surface area contributed by atoms with E-state index in [1.807, 2.05) is 19.1 Å². The first-order valence-electron chi connectivity index (χ1n) is 6.15. The molecule has 1 aliphatic carbocycles. The summed E-state index contributed by atoms with van der Waals surface area (Å²) in [5.41, 5.74) is 4.00. The topological polar surface area (TPSA) is 22.1 Å². The molecular formula is C15H14BrNO. The molecule has 3 heteroatoms. The standard InChI is InChI=1S/C15H14BrNO/c1-10-7-8-17-15(14(10)16)18-13-6-5-11-3-2-4-12(11)9-13/h5-9H,2-4H2,1H3. The number of aryl methyl sites for hydroxylation is 3. The normalized spacial score (nSPS) is 13.4. The van der Waals surface area contributed by atoms with Crippen LogP contribution in [0.15, 0.2) is 34.9 Å². The van der Waals surface area contributed by atoms with Gasteiger partial charge in [0.2, 0.25) is 5.88 Å². The third-order valence-electron chi connectivity index (χ3n) is 3.33. The monoisotopic (exact) mass is 303 g/mol. The average molecular weight is 304 g/mol. The molecule has 18 heavy (non-hydrogen) atoms. The Balaban J connectivity index is 1.90. The summed E-state index contributed by atoms with van der Waals surface area (Å²) in [6.07, 6.45) is 5.38. The van der Waals surface area contributed by atoms with Gasteiger partial charge >= 0.3 is 0 Å². The van der Waals surface area contributed by atoms with Gasteiger partial charge in [0.25, 0.3) is 0 Å². The number of ether oxygens (including phenoxy) is 1. The fourth-order valence-electron chi connectivity index (χ4n) is 2.31. The predicted molar refractivity (Wildman–Crippen MR) is 75.2 cm³/mol. The van der Waals surface area contributed by atoms with Crippen LogP contribution in [0.2, 0.25) is 0 Å². The first kappa shape index (κ1) is 11.7. The lowest BCUT2D eigenvalue weighted by molar-refractivity contribution is 0.458. The maximum Gasteiger partial charge on any atom is 0.233 e. The Morgan fingerprint density at radius 2 is 2.00 bits per heavy atom. The average Bonchev–Trinajstić information content (AvgIpc) is 2.82. The van der Waals surface area contributed by atoms with Crippen molar-refractivity contribution in [1.29, 1.82) is 0 Å². The summed E-state index contributed by atoms with van der Waals surface area (Å²) in [4.78, 5) is 4.26. The highest BCUT2D eigenvalue weighted by molar-refractivity contribution is 9.10. The van der Waals surface area contributed by atoms with E-state index in [9.17, 15) is 0 Å². The molecule has 2 nitrogen and oxygen atoms in total. The van der Waals surface area contributed by atoms with Crippen molar-refractivity contribution in [2.24, 2.45) is 0 Å². The molecule has 0 saturated carbocycles. The van der Waals surface area contributed by atoms with Gasteiger partial charge in [0, 0.05) is 6.20 Å². The molecule has 0 saturated heterocycles. The van der Waals surface area contributed by atoms with E-state index >= 15 is 0 Å². The van der Waals surface area contributed by atoms with Gasteiger partial charge in [0.05, 0.1) is 4.47 Å². The van der Waals surface area contributed by atoms with E-state index < -0.39 is 0 Å². The second-order valence-corrected chi connectivity index (χ2v) is 5.43. The Morgan fingerprint density at radius 3 is 2.89 bits per heavy atom. The summed E-state index contributed by atoms with van der Waals surface area (Å²) in [7, 11) is 0. The SMILES string of the molecule is Cc1ccnc(Oc2ccc3c(c2)CCC3)c1Br. The van der Waals surface area contributed by atoms with Gasteiger partial charge < -0.3 is 4.74 Å². The highest BCUT2D eigenvalue weighted by Crippen LogP contribution is 2.32. The molecule has 3 rings (SSSR count). The Hall–Kier alpha value is -1.35. The van der Waals surface area contributed by atoms with Crippen LogP contribution in [0.1, 0.15) is 23.1 Å². The zero-order chi connectivity index (χ0) is 12.5. The van der Waals surface area contributed by atoms with Crippen LogP contribution in [-0.2, 0) is 12.8 Å². The summed E-state index contributed by atoms with van der Waals surface area (Å²) >= 11 is 3.51. The Labute approximate surface area is 115 Å². The third kappa shape index (κ3) is 2.15. The number of hydrogen-bond acceptors (Lipinski definition) is 2. The van der Waals surface area contributed by atoms with Crippen molar-refractivity contribution in [2.45, 2.75) is 26.2 Å². The number of hydrogen-bond donors (Lipinski definition) is 0. The highest BCUT2D eigenvalue weighted by atomic mass is 79.9. The number of fused-ring (bicyclic) bond motifs is 1. The fourth-order valence-corrected chi connectivity index (χ4v) is 2.63. The van der Waals surface area contributed by atoms with Crippen molar-refractivity contribution in [2.75, 3.05) is 0 Å². The van der Waals surface area contributed by atoms with Crippen molar-refractivity contribution < 1.29 is 4.74 Å². The number of nitrogens with zero attached hydrogens (tertiary/aromatic N) is 1. The van der Waals surface area contributed by atoms with Crippen LogP contribution >= 0.6 is 15.9 Å². The molecule has 0 amide bonds.